The molecule has 2 atom stereocenters. The van der Waals surface area contributed by atoms with E-state index in [0.717, 1.165) is 5.56 Å². The molecule has 2 aromatic rings. The summed E-state index contributed by atoms with van der Waals surface area (Å²) in [7, 11) is 3.13. The fourth-order valence-electron chi connectivity index (χ4n) is 4.30. The summed E-state index contributed by atoms with van der Waals surface area (Å²) in [5.41, 5.74) is 0.825. The van der Waals surface area contributed by atoms with E-state index in [1.165, 1.54) is 0 Å². The molecule has 1 amide bonds. The molecule has 2 aliphatic heterocycles. The van der Waals surface area contributed by atoms with Crippen molar-refractivity contribution in [1.82, 2.24) is 14.9 Å². The predicted molar refractivity (Wildman–Crippen MR) is 125 cm³/mol. The van der Waals surface area contributed by atoms with Crippen LogP contribution in [0.15, 0.2) is 36.4 Å². The molecule has 10 nitrogen and oxygen atoms in total. The quantitative estimate of drug-likeness (QED) is 0.628. The minimum absolute atomic E-state index is 0.0166. The van der Waals surface area contributed by atoms with Gasteiger partial charge in [-0.25, -0.2) is 4.79 Å². The van der Waals surface area contributed by atoms with Crippen molar-refractivity contribution in [2.75, 3.05) is 52.0 Å². The van der Waals surface area contributed by atoms with Crippen LogP contribution in [-0.2, 0) is 14.3 Å². The maximum Gasteiger partial charge on any atom is 0.490 e. The smallest absolute Gasteiger partial charge is 0.481 e. The van der Waals surface area contributed by atoms with E-state index in [9.17, 15) is 18.0 Å². The van der Waals surface area contributed by atoms with Gasteiger partial charge in [0, 0.05) is 31.5 Å². The van der Waals surface area contributed by atoms with Gasteiger partial charge in [-0.1, -0.05) is 30.3 Å². The molecule has 0 aliphatic carbocycles. The highest BCUT2D eigenvalue weighted by Gasteiger charge is 2.47. The molecular weight excluding hydrogens is 497 g/mol. The Morgan fingerprint density at radius 3 is 2.27 bits per heavy atom. The first-order chi connectivity index (χ1) is 17.5. The minimum Gasteiger partial charge on any atom is -0.481 e. The van der Waals surface area contributed by atoms with Crippen molar-refractivity contribution in [1.29, 1.82) is 0 Å². The lowest BCUT2D eigenvalue weighted by Gasteiger charge is -2.33. The number of carboxylic acids is 1. The molecule has 0 saturated carbocycles. The molecule has 0 radical (unpaired) electrons. The number of ether oxygens (including phenoxy) is 3. The maximum absolute atomic E-state index is 13.0. The zero-order chi connectivity index (χ0) is 27.2. The Balaban J connectivity index is 0.000000479. The third-order valence-electron chi connectivity index (χ3n) is 6.15. The number of alkyl halides is 3. The van der Waals surface area contributed by atoms with E-state index in [0.29, 0.717) is 57.0 Å². The zero-order valence-electron chi connectivity index (χ0n) is 20.7. The van der Waals surface area contributed by atoms with E-state index >= 15 is 0 Å². The molecule has 2 aliphatic rings. The second-order valence-electron chi connectivity index (χ2n) is 8.81. The van der Waals surface area contributed by atoms with Crippen LogP contribution in [0.25, 0.3) is 0 Å². The molecule has 4 rings (SSSR count). The number of rotatable bonds is 5. The number of amides is 1. The summed E-state index contributed by atoms with van der Waals surface area (Å²) in [5.74, 6) is -1.19. The number of carbonyl (C=O) groups excluding carboxylic acids is 1. The van der Waals surface area contributed by atoms with Crippen molar-refractivity contribution in [2.45, 2.75) is 25.6 Å². The third kappa shape index (κ3) is 7.00. The van der Waals surface area contributed by atoms with Crippen molar-refractivity contribution in [3.05, 3.63) is 42.0 Å². The number of aromatic nitrogens is 2. The largest absolute Gasteiger partial charge is 0.490 e. The van der Waals surface area contributed by atoms with Crippen molar-refractivity contribution in [3.8, 4) is 11.8 Å². The van der Waals surface area contributed by atoms with Crippen molar-refractivity contribution in [2.24, 2.45) is 5.41 Å². The average molecular weight is 527 g/mol. The Labute approximate surface area is 212 Å². The van der Waals surface area contributed by atoms with Gasteiger partial charge in [-0.3, -0.25) is 4.79 Å². The van der Waals surface area contributed by atoms with Crippen LogP contribution in [0.4, 0.5) is 19.1 Å². The van der Waals surface area contributed by atoms with Gasteiger partial charge in [0.1, 0.15) is 0 Å². The normalized spacial score (nSPS) is 20.6. The number of carboxylic acid groups (broad SMARTS) is 1. The third-order valence-corrected chi connectivity index (χ3v) is 6.15. The Morgan fingerprint density at radius 1 is 1.14 bits per heavy atom. The van der Waals surface area contributed by atoms with Crippen molar-refractivity contribution >= 4 is 17.8 Å². The van der Waals surface area contributed by atoms with Crippen LogP contribution in [0, 0.1) is 5.41 Å². The van der Waals surface area contributed by atoms with E-state index in [1.807, 2.05) is 23.1 Å². The molecule has 1 aromatic heterocycles. The van der Waals surface area contributed by atoms with Crippen LogP contribution in [0.3, 0.4) is 0 Å². The number of likely N-dealkylation sites (tertiary alicyclic amines) is 1. The highest BCUT2D eigenvalue weighted by Crippen LogP contribution is 2.39. The standard InChI is InChI=1S/C22H28N4O4.C2HF3O2/c1-16(17-7-5-4-6-8-17)26-14-22(12-20(26)27)13-25(9-10-30-15-22)21-23-18(28-2)11-19(24-21)29-3;3-2(4,5)1(6)7/h4-8,11,16H,9-10,12-15H2,1-3H3;(H,6,7). The van der Waals surface area contributed by atoms with Crippen molar-refractivity contribution < 1.29 is 42.1 Å². The highest BCUT2D eigenvalue weighted by atomic mass is 19.4. The molecule has 2 unspecified atom stereocenters. The number of benzene rings is 1. The summed E-state index contributed by atoms with van der Waals surface area (Å²) >= 11 is 0. The monoisotopic (exact) mass is 526 g/mol. The van der Waals surface area contributed by atoms with Gasteiger partial charge in [0.15, 0.2) is 0 Å². The first-order valence-electron chi connectivity index (χ1n) is 11.4. The summed E-state index contributed by atoms with van der Waals surface area (Å²) in [6, 6.07) is 11.8. The summed E-state index contributed by atoms with van der Waals surface area (Å²) in [6.45, 7) is 5.08. The summed E-state index contributed by atoms with van der Waals surface area (Å²) < 4.78 is 48.3. The molecule has 37 heavy (non-hydrogen) atoms. The van der Waals surface area contributed by atoms with Gasteiger partial charge in [-0.2, -0.15) is 23.1 Å². The second kappa shape index (κ2) is 11.6. The fourth-order valence-corrected chi connectivity index (χ4v) is 4.30. The molecule has 202 valence electrons. The number of nitrogens with zero attached hydrogens (tertiary/aromatic N) is 4. The SMILES string of the molecule is COc1cc(OC)nc(N2CCOCC3(CC(=O)N(C(C)c4ccccc4)C3)C2)n1.O=C(O)C(F)(F)F. The van der Waals surface area contributed by atoms with Crippen LogP contribution >= 0.6 is 0 Å². The fraction of sp³-hybridized carbons (Fsp3) is 0.500. The van der Waals surface area contributed by atoms with Crippen LogP contribution < -0.4 is 14.4 Å². The second-order valence-corrected chi connectivity index (χ2v) is 8.81. The lowest BCUT2D eigenvalue weighted by atomic mass is 9.87. The predicted octanol–water partition coefficient (Wildman–Crippen LogP) is 2.94. The van der Waals surface area contributed by atoms with E-state index in [-0.39, 0.29) is 17.4 Å². The van der Waals surface area contributed by atoms with Crippen molar-refractivity contribution in [3.63, 3.8) is 0 Å². The Hall–Kier alpha value is -3.61. The Bertz CT molecular complexity index is 1070. The maximum atomic E-state index is 13.0. The van der Waals surface area contributed by atoms with E-state index in [2.05, 4.69) is 33.9 Å². The Kier molecular flexibility index (Phi) is 8.79. The number of hydrogen-bond acceptors (Lipinski definition) is 8. The molecule has 2 fully saturated rings. The summed E-state index contributed by atoms with van der Waals surface area (Å²) in [6.07, 6.45) is -4.64. The summed E-state index contributed by atoms with van der Waals surface area (Å²) in [4.78, 5) is 34.9. The minimum atomic E-state index is -5.08. The molecule has 13 heteroatoms. The van der Waals surface area contributed by atoms with Gasteiger partial charge < -0.3 is 29.1 Å². The zero-order valence-corrected chi connectivity index (χ0v) is 20.7. The lowest BCUT2D eigenvalue weighted by molar-refractivity contribution is -0.192. The molecule has 1 aromatic carbocycles. The van der Waals surface area contributed by atoms with Gasteiger partial charge in [-0.05, 0) is 12.5 Å². The summed E-state index contributed by atoms with van der Waals surface area (Å²) in [5, 5.41) is 7.12. The van der Waals surface area contributed by atoms with Gasteiger partial charge in [0.05, 0.1) is 39.5 Å². The Morgan fingerprint density at radius 2 is 1.73 bits per heavy atom. The molecule has 2 saturated heterocycles. The van der Waals surface area contributed by atoms with E-state index in [1.54, 1.807) is 20.3 Å². The van der Waals surface area contributed by atoms with Gasteiger partial charge in [-0.15, -0.1) is 0 Å². The number of halogens is 3. The van der Waals surface area contributed by atoms with Gasteiger partial charge in [0.2, 0.25) is 23.6 Å². The van der Waals surface area contributed by atoms with Crippen LogP contribution in [0.1, 0.15) is 24.9 Å². The average Bonchev–Trinajstić information content (AvgIpc) is 3.06. The number of carbonyl (C=O) groups is 2. The first-order valence-corrected chi connectivity index (χ1v) is 11.4. The molecule has 1 spiro atoms. The number of aliphatic carboxylic acids is 1. The van der Waals surface area contributed by atoms with Crippen LogP contribution in [0.2, 0.25) is 0 Å². The first kappa shape index (κ1) is 28.0. The molecule has 3 heterocycles. The molecule has 0 bridgehead atoms. The number of anilines is 1. The lowest BCUT2D eigenvalue weighted by Crippen LogP contribution is -2.41. The number of hydrogen-bond donors (Lipinski definition) is 1. The number of methoxy groups -OCH3 is 2. The molecule has 1 N–H and O–H groups in total. The van der Waals surface area contributed by atoms with E-state index in [4.69, 9.17) is 24.1 Å². The van der Waals surface area contributed by atoms with E-state index < -0.39 is 12.1 Å². The molecular formula is C24H29F3N4O6. The highest BCUT2D eigenvalue weighted by molar-refractivity contribution is 5.80. The van der Waals surface area contributed by atoms with Gasteiger partial charge >= 0.3 is 12.1 Å². The van der Waals surface area contributed by atoms with Gasteiger partial charge in [0.25, 0.3) is 0 Å². The van der Waals surface area contributed by atoms with Crippen LogP contribution in [-0.4, -0.2) is 85.1 Å². The topological polar surface area (TPSA) is 114 Å². The van der Waals surface area contributed by atoms with Crippen LogP contribution in [0.5, 0.6) is 11.8 Å².